The van der Waals surface area contributed by atoms with Crippen molar-refractivity contribution in [2.75, 3.05) is 0 Å². The van der Waals surface area contributed by atoms with E-state index in [1.54, 1.807) is 0 Å². The largest absolute Gasteiger partial charge is 0.296 e. The minimum atomic E-state index is -0.447. The van der Waals surface area contributed by atoms with Gasteiger partial charge in [0, 0.05) is 23.3 Å². The lowest BCUT2D eigenvalue weighted by atomic mass is 9.76. The van der Waals surface area contributed by atoms with Gasteiger partial charge in [0.1, 0.15) is 5.82 Å². The number of hydrogen-bond donors (Lipinski definition) is 1. The highest BCUT2D eigenvalue weighted by Crippen LogP contribution is 2.37. The molecule has 1 fully saturated rings. The molecule has 20 heavy (non-hydrogen) atoms. The van der Waals surface area contributed by atoms with E-state index in [0.717, 1.165) is 0 Å². The molecule has 0 spiro atoms. The maximum atomic E-state index is 14.0. The van der Waals surface area contributed by atoms with Gasteiger partial charge in [-0.05, 0) is 36.1 Å². The highest BCUT2D eigenvalue weighted by molar-refractivity contribution is 6.30. The molecule has 3 nitrogen and oxygen atoms in total. The van der Waals surface area contributed by atoms with E-state index in [0.29, 0.717) is 17.0 Å². The van der Waals surface area contributed by atoms with Gasteiger partial charge in [-0.25, -0.2) is 4.39 Å². The molecule has 1 aliphatic heterocycles. The first-order valence-corrected chi connectivity index (χ1v) is 7.05. The molecule has 1 aromatic carbocycles. The molecule has 1 heterocycles. The van der Waals surface area contributed by atoms with E-state index in [-0.39, 0.29) is 24.2 Å². The third kappa shape index (κ3) is 3.18. The molecule has 2 amide bonds. The van der Waals surface area contributed by atoms with Gasteiger partial charge in [0.25, 0.3) is 0 Å². The van der Waals surface area contributed by atoms with Gasteiger partial charge in [0.2, 0.25) is 11.8 Å². The number of piperidine rings is 1. The number of amides is 2. The van der Waals surface area contributed by atoms with E-state index in [2.05, 4.69) is 5.32 Å². The van der Waals surface area contributed by atoms with E-state index in [1.165, 1.54) is 18.2 Å². The van der Waals surface area contributed by atoms with Gasteiger partial charge in [-0.1, -0.05) is 25.4 Å². The molecule has 2 atom stereocenters. The fraction of sp³-hybridized carbons (Fsp3) is 0.467. The predicted molar refractivity (Wildman–Crippen MR) is 74.9 cm³/mol. The second-order valence-corrected chi connectivity index (χ2v) is 6.06. The topological polar surface area (TPSA) is 46.2 Å². The normalized spacial score (nSPS) is 23.1. The molecule has 2 rings (SSSR count). The zero-order chi connectivity index (χ0) is 14.9. The van der Waals surface area contributed by atoms with Crippen molar-refractivity contribution in [2.24, 2.45) is 11.8 Å². The van der Waals surface area contributed by atoms with Crippen LogP contribution in [0.2, 0.25) is 5.02 Å². The highest BCUT2D eigenvalue weighted by Gasteiger charge is 2.38. The zero-order valence-corrected chi connectivity index (χ0v) is 12.2. The van der Waals surface area contributed by atoms with Gasteiger partial charge >= 0.3 is 0 Å². The minimum absolute atomic E-state index is 0.111. The van der Waals surface area contributed by atoms with Gasteiger partial charge in [-0.3, -0.25) is 14.9 Å². The summed E-state index contributed by atoms with van der Waals surface area (Å²) in [4.78, 5) is 23.6. The standard InChI is InChI=1S/C15H17ClFNO2/c1-8(2)5-12-10(7-14(19)18-15(12)20)11-6-9(16)3-4-13(11)17/h3-4,6,8,10,12H,5,7H2,1-2H3,(H,18,19,20). The van der Waals surface area contributed by atoms with Crippen molar-refractivity contribution in [1.29, 1.82) is 0 Å². The molecule has 1 aliphatic rings. The van der Waals surface area contributed by atoms with Gasteiger partial charge < -0.3 is 0 Å². The van der Waals surface area contributed by atoms with E-state index >= 15 is 0 Å². The Kier molecular flexibility index (Phi) is 4.43. The van der Waals surface area contributed by atoms with Crippen molar-refractivity contribution in [1.82, 2.24) is 5.32 Å². The summed E-state index contributed by atoms with van der Waals surface area (Å²) in [6.45, 7) is 3.99. The molecule has 0 saturated carbocycles. The third-order valence-corrected chi connectivity index (χ3v) is 3.81. The molecule has 1 aromatic rings. The van der Waals surface area contributed by atoms with E-state index in [9.17, 15) is 14.0 Å². The Labute approximate surface area is 122 Å². The fourth-order valence-corrected chi connectivity index (χ4v) is 2.89. The van der Waals surface area contributed by atoms with Crippen LogP contribution >= 0.6 is 11.6 Å². The van der Waals surface area contributed by atoms with Crippen LogP contribution in [-0.2, 0) is 9.59 Å². The second-order valence-electron chi connectivity index (χ2n) is 5.62. The van der Waals surface area contributed by atoms with Crippen LogP contribution in [0.3, 0.4) is 0 Å². The van der Waals surface area contributed by atoms with Gasteiger partial charge in [-0.15, -0.1) is 0 Å². The lowest BCUT2D eigenvalue weighted by molar-refractivity contribution is -0.137. The number of rotatable bonds is 3. The maximum absolute atomic E-state index is 14.0. The molecule has 0 aliphatic carbocycles. The van der Waals surface area contributed by atoms with Gasteiger partial charge in [0.15, 0.2) is 0 Å². The number of imide groups is 1. The Morgan fingerprint density at radius 3 is 2.75 bits per heavy atom. The van der Waals surface area contributed by atoms with Gasteiger partial charge in [-0.2, -0.15) is 0 Å². The Morgan fingerprint density at radius 2 is 2.10 bits per heavy atom. The summed E-state index contributed by atoms with van der Waals surface area (Å²) < 4.78 is 14.0. The van der Waals surface area contributed by atoms with Crippen LogP contribution < -0.4 is 5.32 Å². The summed E-state index contributed by atoms with van der Waals surface area (Å²) >= 11 is 5.91. The van der Waals surface area contributed by atoms with Crippen molar-refractivity contribution >= 4 is 23.4 Å². The molecule has 0 radical (unpaired) electrons. The first kappa shape index (κ1) is 15.0. The van der Waals surface area contributed by atoms with Crippen molar-refractivity contribution in [2.45, 2.75) is 32.6 Å². The molecule has 1 saturated heterocycles. The van der Waals surface area contributed by atoms with E-state index in [1.807, 2.05) is 13.8 Å². The SMILES string of the molecule is CC(C)CC1C(=O)NC(=O)CC1c1cc(Cl)ccc1F. The van der Waals surface area contributed by atoms with E-state index < -0.39 is 17.7 Å². The predicted octanol–water partition coefficient (Wildman–Crippen LogP) is 3.27. The average molecular weight is 298 g/mol. The third-order valence-electron chi connectivity index (χ3n) is 3.57. The van der Waals surface area contributed by atoms with Gasteiger partial charge in [0.05, 0.1) is 0 Å². The monoisotopic (exact) mass is 297 g/mol. The molecular formula is C15H17ClFNO2. The molecule has 1 N–H and O–H groups in total. The lowest BCUT2D eigenvalue weighted by Crippen LogP contribution is -2.45. The number of carbonyl (C=O) groups excluding carboxylic acids is 2. The van der Waals surface area contributed by atoms with Crippen LogP contribution in [0.15, 0.2) is 18.2 Å². The summed E-state index contributed by atoms with van der Waals surface area (Å²) in [7, 11) is 0. The quantitative estimate of drug-likeness (QED) is 0.870. The molecule has 0 bridgehead atoms. The smallest absolute Gasteiger partial charge is 0.230 e. The number of nitrogens with one attached hydrogen (secondary N) is 1. The molecule has 2 unspecified atom stereocenters. The second kappa shape index (κ2) is 5.92. The van der Waals surface area contributed by atoms with Crippen LogP contribution in [0.5, 0.6) is 0 Å². The summed E-state index contributed by atoms with van der Waals surface area (Å²) in [5, 5.41) is 2.74. The van der Waals surface area contributed by atoms with Crippen LogP contribution in [0.25, 0.3) is 0 Å². The van der Waals surface area contributed by atoms with Crippen LogP contribution in [0, 0.1) is 17.7 Å². The first-order valence-electron chi connectivity index (χ1n) is 6.67. The van der Waals surface area contributed by atoms with Crippen LogP contribution in [0.1, 0.15) is 38.2 Å². The van der Waals surface area contributed by atoms with Crippen molar-refractivity contribution in [3.05, 3.63) is 34.6 Å². The molecule has 108 valence electrons. The Balaban J connectivity index is 2.40. The summed E-state index contributed by atoms with van der Waals surface area (Å²) in [6.07, 6.45) is 0.718. The van der Waals surface area contributed by atoms with Crippen molar-refractivity contribution < 1.29 is 14.0 Å². The summed E-state index contributed by atoms with van der Waals surface area (Å²) in [6, 6.07) is 4.25. The number of halogens is 2. The Hall–Kier alpha value is -1.42. The zero-order valence-electron chi connectivity index (χ0n) is 11.5. The summed E-state index contributed by atoms with van der Waals surface area (Å²) in [5.41, 5.74) is 0.353. The maximum Gasteiger partial charge on any atom is 0.230 e. The number of hydrogen-bond acceptors (Lipinski definition) is 2. The fourth-order valence-electron chi connectivity index (χ4n) is 2.71. The lowest BCUT2D eigenvalue weighted by Gasteiger charge is -2.31. The number of carbonyl (C=O) groups is 2. The average Bonchev–Trinajstić information content (AvgIpc) is 2.35. The minimum Gasteiger partial charge on any atom is -0.296 e. The highest BCUT2D eigenvalue weighted by atomic mass is 35.5. The molecule has 5 heteroatoms. The Bertz CT molecular complexity index is 545. The first-order chi connectivity index (χ1) is 9.38. The Morgan fingerprint density at radius 1 is 1.40 bits per heavy atom. The van der Waals surface area contributed by atoms with Crippen LogP contribution in [-0.4, -0.2) is 11.8 Å². The molecular weight excluding hydrogens is 281 g/mol. The molecule has 0 aromatic heterocycles. The van der Waals surface area contributed by atoms with Crippen LogP contribution in [0.4, 0.5) is 4.39 Å². The van der Waals surface area contributed by atoms with E-state index in [4.69, 9.17) is 11.6 Å². The van der Waals surface area contributed by atoms with Crippen molar-refractivity contribution in [3.8, 4) is 0 Å². The van der Waals surface area contributed by atoms with Crippen molar-refractivity contribution in [3.63, 3.8) is 0 Å². The summed E-state index contributed by atoms with van der Waals surface area (Å²) in [5.74, 6) is -1.67. The number of benzene rings is 1.